The molecular formula is C21H26N4O2. The van der Waals surface area contributed by atoms with Crippen molar-refractivity contribution in [3.8, 4) is 0 Å². The van der Waals surface area contributed by atoms with E-state index in [2.05, 4.69) is 11.4 Å². The van der Waals surface area contributed by atoms with Crippen molar-refractivity contribution < 1.29 is 9.59 Å². The molecule has 5 N–H and O–H groups in total. The third-order valence-corrected chi connectivity index (χ3v) is 5.06. The van der Waals surface area contributed by atoms with E-state index in [0.717, 1.165) is 37.1 Å². The molecule has 0 aliphatic carbocycles. The molecule has 6 nitrogen and oxygen atoms in total. The van der Waals surface area contributed by atoms with E-state index < -0.39 is 0 Å². The van der Waals surface area contributed by atoms with E-state index in [1.165, 1.54) is 11.1 Å². The molecule has 2 heterocycles. The molecule has 0 radical (unpaired) electrons. The van der Waals surface area contributed by atoms with E-state index in [-0.39, 0.29) is 23.9 Å². The first kappa shape index (κ1) is 19.1. The quantitative estimate of drug-likeness (QED) is 0.662. The van der Waals surface area contributed by atoms with Crippen molar-refractivity contribution >= 4 is 23.2 Å². The number of fused-ring (bicyclic) bond motifs is 2. The maximum Gasteiger partial charge on any atom is 0.243 e. The first-order valence-electron chi connectivity index (χ1n) is 9.22. The van der Waals surface area contributed by atoms with Crippen molar-refractivity contribution in [3.63, 3.8) is 0 Å². The highest BCUT2D eigenvalue weighted by Crippen LogP contribution is 2.25. The van der Waals surface area contributed by atoms with Gasteiger partial charge in [-0.3, -0.25) is 9.59 Å². The summed E-state index contributed by atoms with van der Waals surface area (Å²) in [4.78, 5) is 24.7. The van der Waals surface area contributed by atoms with Gasteiger partial charge in [-0.2, -0.15) is 0 Å². The van der Waals surface area contributed by atoms with Gasteiger partial charge in [-0.15, -0.1) is 0 Å². The Balaban J connectivity index is 0.000000156. The lowest BCUT2D eigenvalue weighted by Crippen LogP contribution is -2.40. The molecule has 0 saturated heterocycles. The number of para-hydroxylation sites is 2. The van der Waals surface area contributed by atoms with Gasteiger partial charge in [0.25, 0.3) is 0 Å². The summed E-state index contributed by atoms with van der Waals surface area (Å²) in [6.07, 6.45) is 3.21. The Morgan fingerprint density at radius 1 is 0.889 bits per heavy atom. The van der Waals surface area contributed by atoms with Gasteiger partial charge < -0.3 is 21.7 Å². The minimum atomic E-state index is -0.368. The van der Waals surface area contributed by atoms with Crippen LogP contribution in [0, 0.1) is 0 Å². The number of anilines is 2. The Morgan fingerprint density at radius 3 is 2.26 bits per heavy atom. The van der Waals surface area contributed by atoms with Crippen LogP contribution < -0.4 is 21.7 Å². The van der Waals surface area contributed by atoms with Crippen LogP contribution in [0.4, 0.5) is 11.4 Å². The zero-order valence-corrected chi connectivity index (χ0v) is 15.5. The van der Waals surface area contributed by atoms with Gasteiger partial charge in [0, 0.05) is 18.4 Å². The lowest BCUT2D eigenvalue weighted by Gasteiger charge is -2.18. The fourth-order valence-corrected chi connectivity index (χ4v) is 3.38. The summed E-state index contributed by atoms with van der Waals surface area (Å²) < 4.78 is 0. The highest BCUT2D eigenvalue weighted by atomic mass is 16.2. The van der Waals surface area contributed by atoms with Crippen LogP contribution in [0.1, 0.15) is 24.0 Å². The molecule has 4 rings (SSSR count). The molecule has 0 bridgehead atoms. The Morgan fingerprint density at radius 2 is 1.48 bits per heavy atom. The second-order valence-corrected chi connectivity index (χ2v) is 6.96. The van der Waals surface area contributed by atoms with Gasteiger partial charge in [-0.05, 0) is 48.9 Å². The van der Waals surface area contributed by atoms with Crippen molar-refractivity contribution in [1.29, 1.82) is 0 Å². The molecule has 2 aromatic carbocycles. The zero-order chi connectivity index (χ0) is 19.4. The average molecular weight is 366 g/mol. The van der Waals surface area contributed by atoms with Gasteiger partial charge in [0.2, 0.25) is 11.8 Å². The Kier molecular flexibility index (Phi) is 5.88. The van der Waals surface area contributed by atoms with Crippen molar-refractivity contribution in [2.75, 3.05) is 17.3 Å². The van der Waals surface area contributed by atoms with Crippen LogP contribution in [-0.2, 0) is 22.4 Å². The molecule has 2 aliphatic rings. The molecule has 27 heavy (non-hydrogen) atoms. The van der Waals surface area contributed by atoms with Crippen molar-refractivity contribution in [2.24, 2.45) is 11.5 Å². The number of likely N-dealkylation sites (N-methyl/N-ethyl adjacent to an activating group) is 1. The zero-order valence-electron chi connectivity index (χ0n) is 15.5. The number of hydrogen-bond acceptors (Lipinski definition) is 4. The van der Waals surface area contributed by atoms with Gasteiger partial charge in [-0.1, -0.05) is 36.4 Å². The molecule has 142 valence electrons. The standard InChI is InChI=1S/C11H14N2O.C10H12N2O/c1-13-10-5-3-2-4-8(10)6-7-9(12)11(13)14;11-8-6-5-7-3-1-2-4-9(7)12-10(8)13/h2-5,9H,6-7,12H2,1H3;1-4,8H,5-6,11H2,(H,12,13)/t9-;8-/m00/s1. The molecule has 2 atom stereocenters. The summed E-state index contributed by atoms with van der Waals surface area (Å²) in [6.45, 7) is 0. The van der Waals surface area contributed by atoms with E-state index in [0.29, 0.717) is 0 Å². The number of nitrogens with zero attached hydrogens (tertiary/aromatic N) is 1. The average Bonchev–Trinajstić information content (AvgIpc) is 2.90. The lowest BCUT2D eigenvalue weighted by atomic mass is 10.1. The molecule has 0 saturated carbocycles. The van der Waals surface area contributed by atoms with E-state index in [1.807, 2.05) is 42.5 Å². The summed E-state index contributed by atoms with van der Waals surface area (Å²) in [5.41, 5.74) is 15.7. The number of carbonyl (C=O) groups excluding carboxylic acids is 2. The van der Waals surface area contributed by atoms with E-state index >= 15 is 0 Å². The molecule has 2 amide bonds. The maximum atomic E-state index is 11.7. The fraction of sp³-hybridized carbons (Fsp3) is 0.333. The monoisotopic (exact) mass is 366 g/mol. The van der Waals surface area contributed by atoms with Crippen LogP contribution in [0.2, 0.25) is 0 Å². The molecule has 0 spiro atoms. The number of aryl methyl sites for hydroxylation is 2. The molecule has 0 unspecified atom stereocenters. The maximum absolute atomic E-state index is 11.7. The van der Waals surface area contributed by atoms with E-state index in [9.17, 15) is 9.59 Å². The predicted octanol–water partition coefficient (Wildman–Crippen LogP) is 1.82. The van der Waals surface area contributed by atoms with Crippen molar-refractivity contribution in [2.45, 2.75) is 37.8 Å². The fourth-order valence-electron chi connectivity index (χ4n) is 3.38. The Labute approximate surface area is 159 Å². The molecule has 2 aromatic rings. The second kappa shape index (κ2) is 8.33. The lowest BCUT2D eigenvalue weighted by molar-refractivity contribution is -0.119. The molecular weight excluding hydrogens is 340 g/mol. The van der Waals surface area contributed by atoms with E-state index in [1.54, 1.807) is 11.9 Å². The highest BCUT2D eigenvalue weighted by Gasteiger charge is 2.24. The molecule has 2 aliphatic heterocycles. The minimum Gasteiger partial charge on any atom is -0.324 e. The molecule has 0 aromatic heterocycles. The van der Waals surface area contributed by atoms with Crippen molar-refractivity contribution in [1.82, 2.24) is 0 Å². The van der Waals surface area contributed by atoms with Crippen LogP contribution in [0.3, 0.4) is 0 Å². The third-order valence-electron chi connectivity index (χ3n) is 5.06. The van der Waals surface area contributed by atoms with Crippen LogP contribution in [0.15, 0.2) is 48.5 Å². The number of amides is 2. The van der Waals surface area contributed by atoms with Crippen LogP contribution in [-0.4, -0.2) is 30.9 Å². The largest absolute Gasteiger partial charge is 0.324 e. The number of carbonyl (C=O) groups is 2. The highest BCUT2D eigenvalue weighted by molar-refractivity contribution is 5.98. The smallest absolute Gasteiger partial charge is 0.243 e. The van der Waals surface area contributed by atoms with Gasteiger partial charge in [0.1, 0.15) is 0 Å². The first-order chi connectivity index (χ1) is 13.0. The number of rotatable bonds is 0. The Hall–Kier alpha value is -2.70. The predicted molar refractivity (Wildman–Crippen MR) is 108 cm³/mol. The Bertz CT molecular complexity index is 836. The van der Waals surface area contributed by atoms with Gasteiger partial charge in [-0.25, -0.2) is 0 Å². The molecule has 6 heteroatoms. The normalized spacial score (nSPS) is 21.7. The summed E-state index contributed by atoms with van der Waals surface area (Å²) in [5, 5.41) is 2.81. The summed E-state index contributed by atoms with van der Waals surface area (Å²) in [6, 6.07) is 15.0. The topological polar surface area (TPSA) is 101 Å². The van der Waals surface area contributed by atoms with E-state index in [4.69, 9.17) is 11.5 Å². The molecule has 0 fully saturated rings. The van der Waals surface area contributed by atoms with Gasteiger partial charge >= 0.3 is 0 Å². The van der Waals surface area contributed by atoms with Crippen molar-refractivity contribution in [3.05, 3.63) is 59.7 Å². The second-order valence-electron chi connectivity index (χ2n) is 6.96. The van der Waals surface area contributed by atoms with Gasteiger partial charge in [0.05, 0.1) is 12.1 Å². The van der Waals surface area contributed by atoms with Crippen LogP contribution in [0.25, 0.3) is 0 Å². The van der Waals surface area contributed by atoms with Crippen LogP contribution >= 0.6 is 0 Å². The van der Waals surface area contributed by atoms with Crippen LogP contribution in [0.5, 0.6) is 0 Å². The number of benzene rings is 2. The summed E-state index contributed by atoms with van der Waals surface area (Å²) >= 11 is 0. The minimum absolute atomic E-state index is 0.00921. The number of hydrogen-bond donors (Lipinski definition) is 3. The third kappa shape index (κ3) is 4.35. The van der Waals surface area contributed by atoms with Gasteiger partial charge in [0.15, 0.2) is 0 Å². The number of nitrogens with two attached hydrogens (primary N) is 2. The summed E-state index contributed by atoms with van der Waals surface area (Å²) in [5.74, 6) is -0.0695. The first-order valence-corrected chi connectivity index (χ1v) is 9.22. The number of nitrogens with one attached hydrogen (secondary N) is 1. The summed E-state index contributed by atoms with van der Waals surface area (Å²) in [7, 11) is 1.78. The SMILES string of the molecule is CN1C(=O)[C@@H](N)CCc2ccccc21.N[C@H]1CCc2ccccc2NC1=O.